The van der Waals surface area contributed by atoms with E-state index in [4.69, 9.17) is 4.74 Å². The number of amides is 2. The first-order valence-electron chi connectivity index (χ1n) is 7.47. The lowest BCUT2D eigenvalue weighted by atomic mass is 10.1. The molecule has 0 aliphatic carbocycles. The third-order valence-corrected chi connectivity index (χ3v) is 3.22. The number of hydrogen-bond acceptors (Lipinski definition) is 4. The molecule has 1 heterocycles. The van der Waals surface area contributed by atoms with Crippen LogP contribution < -0.4 is 15.6 Å². The minimum atomic E-state index is -4.79. The number of aryl methyl sites for hydroxylation is 3. The minimum Gasteiger partial charge on any atom is -0.484 e. The average Bonchev–Trinajstić information content (AvgIpc) is 2.92. The fourth-order valence-corrected chi connectivity index (χ4v) is 2.26. The van der Waals surface area contributed by atoms with Gasteiger partial charge in [-0.15, -0.1) is 0 Å². The zero-order chi connectivity index (χ0) is 19.5. The summed E-state index contributed by atoms with van der Waals surface area (Å²) in [5, 5.41) is 3.22. The molecule has 26 heavy (non-hydrogen) atoms. The summed E-state index contributed by atoms with van der Waals surface area (Å²) in [6.07, 6.45) is -3.87. The first-order chi connectivity index (χ1) is 12.1. The Balaban J connectivity index is 1.92. The summed E-state index contributed by atoms with van der Waals surface area (Å²) in [4.78, 5) is 23.6. The maximum Gasteiger partial charge on any atom is 0.435 e. The Morgan fingerprint density at radius 1 is 1.15 bits per heavy atom. The van der Waals surface area contributed by atoms with Crippen LogP contribution in [0.5, 0.6) is 5.75 Å². The lowest BCUT2D eigenvalue weighted by Gasteiger charge is -2.10. The Morgan fingerprint density at radius 2 is 1.77 bits per heavy atom. The van der Waals surface area contributed by atoms with Crippen molar-refractivity contribution in [3.05, 3.63) is 46.8 Å². The number of carbonyl (C=O) groups is 2. The number of carbonyl (C=O) groups excluding carboxylic acids is 2. The zero-order valence-electron chi connectivity index (χ0n) is 14.3. The summed E-state index contributed by atoms with van der Waals surface area (Å²) in [5.74, 6) is -1.39. The van der Waals surface area contributed by atoms with Gasteiger partial charge in [-0.1, -0.05) is 6.07 Å². The van der Waals surface area contributed by atoms with Gasteiger partial charge in [0, 0.05) is 13.2 Å². The molecule has 0 bridgehead atoms. The van der Waals surface area contributed by atoms with E-state index in [2.05, 4.69) is 5.10 Å². The number of aromatic nitrogens is 2. The molecule has 2 N–H and O–H groups in total. The number of hydrogen-bond donors (Lipinski definition) is 2. The van der Waals surface area contributed by atoms with Crippen LogP contribution in [0.4, 0.5) is 13.2 Å². The van der Waals surface area contributed by atoms with Gasteiger partial charge in [-0.25, -0.2) is 0 Å². The first kappa shape index (κ1) is 19.3. The molecule has 2 rings (SSSR count). The predicted octanol–water partition coefficient (Wildman–Crippen LogP) is 1.90. The molecule has 0 aliphatic rings. The van der Waals surface area contributed by atoms with Gasteiger partial charge in [0.25, 0.3) is 11.8 Å². The highest BCUT2D eigenvalue weighted by Crippen LogP contribution is 2.30. The van der Waals surface area contributed by atoms with Crippen molar-refractivity contribution < 1.29 is 27.5 Å². The lowest BCUT2D eigenvalue weighted by Crippen LogP contribution is -2.44. The molecular formula is C16H17F3N4O3. The van der Waals surface area contributed by atoms with Crippen LogP contribution in [0.25, 0.3) is 0 Å². The highest BCUT2D eigenvalue weighted by molar-refractivity contribution is 5.96. The van der Waals surface area contributed by atoms with E-state index < -0.39 is 35.9 Å². The van der Waals surface area contributed by atoms with Crippen molar-refractivity contribution in [2.75, 3.05) is 6.61 Å². The predicted molar refractivity (Wildman–Crippen MR) is 85.2 cm³/mol. The fraction of sp³-hybridized carbons (Fsp3) is 0.312. The van der Waals surface area contributed by atoms with Crippen molar-refractivity contribution in [2.24, 2.45) is 7.05 Å². The molecule has 1 aromatic carbocycles. The number of nitrogens with one attached hydrogen (secondary N) is 2. The smallest absolute Gasteiger partial charge is 0.435 e. The summed E-state index contributed by atoms with van der Waals surface area (Å²) in [6, 6.07) is 5.38. The molecule has 0 unspecified atom stereocenters. The summed E-state index contributed by atoms with van der Waals surface area (Å²) < 4.78 is 44.6. The number of benzene rings is 1. The van der Waals surface area contributed by atoms with E-state index in [1.54, 1.807) is 12.1 Å². The molecule has 0 saturated heterocycles. The number of ether oxygens (including phenoxy) is 1. The molecule has 0 fully saturated rings. The second kappa shape index (κ2) is 7.46. The van der Waals surface area contributed by atoms with Gasteiger partial charge < -0.3 is 4.74 Å². The summed E-state index contributed by atoms with van der Waals surface area (Å²) in [7, 11) is 1.25. The van der Waals surface area contributed by atoms with Gasteiger partial charge in [-0.2, -0.15) is 18.3 Å². The molecule has 0 atom stereocenters. The van der Waals surface area contributed by atoms with E-state index in [1.807, 2.05) is 30.8 Å². The lowest BCUT2D eigenvalue weighted by molar-refractivity contribution is -0.141. The van der Waals surface area contributed by atoms with E-state index in [1.165, 1.54) is 7.05 Å². The standard InChI is InChI=1S/C16H17F3N4O3/c1-9-4-10(2)6-11(5-9)26-8-13(24)20-21-15(25)12-7-23(3)22-14(12)16(17,18)19/h4-7H,8H2,1-3H3,(H,20,24)(H,21,25). The van der Waals surface area contributed by atoms with E-state index in [-0.39, 0.29) is 0 Å². The Kier molecular flexibility index (Phi) is 5.53. The molecule has 2 amide bonds. The second-order valence-electron chi connectivity index (χ2n) is 5.68. The molecule has 10 heteroatoms. The number of hydrazine groups is 1. The molecule has 140 valence electrons. The molecular weight excluding hydrogens is 353 g/mol. The van der Waals surface area contributed by atoms with Gasteiger partial charge >= 0.3 is 6.18 Å². The SMILES string of the molecule is Cc1cc(C)cc(OCC(=O)NNC(=O)c2cn(C)nc2C(F)(F)F)c1. The summed E-state index contributed by atoms with van der Waals surface area (Å²) in [6.45, 7) is 3.32. The van der Waals surface area contributed by atoms with Crippen molar-refractivity contribution in [1.82, 2.24) is 20.6 Å². The summed E-state index contributed by atoms with van der Waals surface area (Å²) in [5.41, 5.74) is 3.78. The Labute approximate surface area is 147 Å². The maximum atomic E-state index is 12.8. The first-order valence-corrected chi connectivity index (χ1v) is 7.47. The maximum absolute atomic E-state index is 12.8. The van der Waals surface area contributed by atoms with Gasteiger partial charge in [0.15, 0.2) is 12.3 Å². The normalized spacial score (nSPS) is 11.2. The largest absolute Gasteiger partial charge is 0.484 e. The highest BCUT2D eigenvalue weighted by Gasteiger charge is 2.39. The minimum absolute atomic E-state index is 0.414. The van der Waals surface area contributed by atoms with E-state index in [0.717, 1.165) is 22.0 Å². The van der Waals surface area contributed by atoms with Crippen LogP contribution in [0.15, 0.2) is 24.4 Å². The van der Waals surface area contributed by atoms with Gasteiger partial charge in [-0.05, 0) is 37.1 Å². The number of nitrogens with zero attached hydrogens (tertiary/aromatic N) is 2. The molecule has 0 saturated carbocycles. The van der Waals surface area contributed by atoms with E-state index in [9.17, 15) is 22.8 Å². The van der Waals surface area contributed by atoms with Gasteiger partial charge in [-0.3, -0.25) is 25.1 Å². The highest BCUT2D eigenvalue weighted by atomic mass is 19.4. The van der Waals surface area contributed by atoms with Crippen molar-refractivity contribution in [1.29, 1.82) is 0 Å². The second-order valence-corrected chi connectivity index (χ2v) is 5.68. The average molecular weight is 370 g/mol. The number of halogens is 3. The number of rotatable bonds is 4. The monoisotopic (exact) mass is 370 g/mol. The van der Waals surface area contributed by atoms with Crippen LogP contribution in [-0.2, 0) is 18.0 Å². The van der Waals surface area contributed by atoms with Crippen molar-refractivity contribution in [3.63, 3.8) is 0 Å². The van der Waals surface area contributed by atoms with Gasteiger partial charge in [0.2, 0.25) is 0 Å². The topological polar surface area (TPSA) is 85.3 Å². The Hall–Kier alpha value is -3.04. The van der Waals surface area contributed by atoms with Gasteiger partial charge in [0.1, 0.15) is 5.75 Å². The third kappa shape index (κ3) is 4.98. The molecule has 0 spiro atoms. The number of alkyl halides is 3. The fourth-order valence-electron chi connectivity index (χ4n) is 2.26. The molecule has 1 aromatic heterocycles. The van der Waals surface area contributed by atoms with Crippen molar-refractivity contribution >= 4 is 11.8 Å². The molecule has 0 aliphatic heterocycles. The van der Waals surface area contributed by atoms with Crippen LogP contribution in [0.2, 0.25) is 0 Å². The Bertz CT molecular complexity index is 810. The van der Waals surface area contributed by atoms with Gasteiger partial charge in [0.05, 0.1) is 5.56 Å². The Morgan fingerprint density at radius 3 is 2.35 bits per heavy atom. The van der Waals surface area contributed by atoms with Crippen LogP contribution in [0, 0.1) is 13.8 Å². The quantitative estimate of drug-likeness (QED) is 0.805. The summed E-state index contributed by atoms with van der Waals surface area (Å²) >= 11 is 0. The molecule has 7 nitrogen and oxygen atoms in total. The van der Waals surface area contributed by atoms with E-state index in [0.29, 0.717) is 5.75 Å². The molecule has 0 radical (unpaired) electrons. The third-order valence-electron chi connectivity index (χ3n) is 3.22. The van der Waals surface area contributed by atoms with Crippen LogP contribution in [0.3, 0.4) is 0 Å². The van der Waals surface area contributed by atoms with Crippen molar-refractivity contribution in [3.8, 4) is 5.75 Å². The molecule has 2 aromatic rings. The van der Waals surface area contributed by atoms with Crippen LogP contribution in [0.1, 0.15) is 27.2 Å². The van der Waals surface area contributed by atoms with E-state index >= 15 is 0 Å². The van der Waals surface area contributed by atoms with Crippen molar-refractivity contribution in [2.45, 2.75) is 20.0 Å². The van der Waals surface area contributed by atoms with Crippen LogP contribution in [-0.4, -0.2) is 28.2 Å². The zero-order valence-corrected chi connectivity index (χ0v) is 14.3. The van der Waals surface area contributed by atoms with Crippen LogP contribution >= 0.6 is 0 Å².